The lowest BCUT2D eigenvalue weighted by Crippen LogP contribution is -2.34. The average molecular weight is 1280 g/mol. The fourth-order valence-electron chi connectivity index (χ4n) is 15.7. The van der Waals surface area contributed by atoms with Crippen LogP contribution in [-0.2, 0) is 35.2 Å². The van der Waals surface area contributed by atoms with Crippen LogP contribution in [0.3, 0.4) is 0 Å². The van der Waals surface area contributed by atoms with Crippen LogP contribution in [0.4, 0.5) is 0 Å². The Balaban J connectivity index is 0.000000137. The molecule has 0 unspecified atom stereocenters. The third kappa shape index (κ3) is 17.0. The van der Waals surface area contributed by atoms with E-state index in [-0.39, 0.29) is 5.89 Å². The second-order valence-corrected chi connectivity index (χ2v) is 28.6. The summed E-state index contributed by atoms with van der Waals surface area (Å²) in [4.78, 5) is 0. The zero-order chi connectivity index (χ0) is 72.5. The molecule has 5 heterocycles. The number of hydrogen-bond acceptors (Lipinski definition) is 0. The van der Waals surface area contributed by atoms with Crippen LogP contribution in [-0.4, -0.2) is 0 Å². The van der Waals surface area contributed by atoms with E-state index in [4.69, 9.17) is 6.85 Å². The Morgan fingerprint density at radius 1 is 0.292 bits per heavy atom. The molecule has 0 bridgehead atoms. The average Bonchev–Trinajstić information content (AvgIpc) is 1.76. The molecule has 0 atom stereocenters. The Morgan fingerprint density at radius 2 is 0.604 bits per heavy atom. The van der Waals surface area contributed by atoms with Gasteiger partial charge in [-0.3, -0.25) is 0 Å². The first-order valence-electron chi connectivity index (χ1n) is 38.5. The molecular weight excluding hydrogens is 1160 g/mol. The molecule has 5 aromatic heterocycles. The molecule has 14 rings (SSSR count). The summed E-state index contributed by atoms with van der Waals surface area (Å²) in [5.41, 5.74) is 31.1. The van der Waals surface area contributed by atoms with E-state index in [9.17, 15) is 0 Å². The molecule has 0 N–H and O–H groups in total. The lowest BCUT2D eigenvalue weighted by molar-refractivity contribution is -0.666. The SMILES string of the molecule is Cc1cc(C)[n+](C)c(-c2ccccc2C)c1.Cc1ccccc1-c1cc(C)c(C2CCCC2)c[n+]1C.Cc1ccccc1-c1cc(C2CCCC2)c(C)c[n+]1C.[2H]C([2H])([2H])c1c[n+](C)c(-c2ccccc2C)cc1C1([2H])CCCC1.[2H]C1(c2c[n+](C)c(-c3ccccc3C)cc2C)CCCC1. The molecular formula is C91H114N5+5. The summed E-state index contributed by atoms with van der Waals surface area (Å²) in [7, 11) is 10.4. The molecule has 498 valence electrons. The van der Waals surface area contributed by atoms with Gasteiger partial charge >= 0.3 is 0 Å². The summed E-state index contributed by atoms with van der Waals surface area (Å²) in [5.74, 6) is 0.410. The number of benzene rings is 5. The summed E-state index contributed by atoms with van der Waals surface area (Å²) < 4.78 is 52.3. The van der Waals surface area contributed by atoms with E-state index in [2.05, 4.69) is 274 Å². The van der Waals surface area contributed by atoms with Crippen molar-refractivity contribution in [1.29, 1.82) is 0 Å². The van der Waals surface area contributed by atoms with Crippen LogP contribution in [0.15, 0.2) is 183 Å². The van der Waals surface area contributed by atoms with Gasteiger partial charge < -0.3 is 0 Å². The molecule has 4 fully saturated rings. The van der Waals surface area contributed by atoms with Crippen molar-refractivity contribution in [3.8, 4) is 56.3 Å². The van der Waals surface area contributed by atoms with Crippen LogP contribution in [0, 0.1) is 76.1 Å². The maximum Gasteiger partial charge on any atom is 0.212 e. The minimum absolute atomic E-state index is 0.319. The van der Waals surface area contributed by atoms with E-state index < -0.39 is 12.7 Å². The van der Waals surface area contributed by atoms with Gasteiger partial charge in [-0.25, -0.2) is 18.3 Å². The third-order valence-electron chi connectivity index (χ3n) is 21.4. The van der Waals surface area contributed by atoms with Crippen LogP contribution >= 0.6 is 0 Å². The summed E-state index contributed by atoms with van der Waals surface area (Å²) >= 11 is 0. The van der Waals surface area contributed by atoms with Crippen molar-refractivity contribution in [2.45, 2.75) is 202 Å². The number of nitrogens with zero attached hydrogens (tertiary/aromatic N) is 5. The zero-order valence-corrected chi connectivity index (χ0v) is 61.0. The summed E-state index contributed by atoms with van der Waals surface area (Å²) in [6, 6.07) is 55.9. The van der Waals surface area contributed by atoms with Gasteiger partial charge in [-0.2, -0.15) is 4.57 Å². The van der Waals surface area contributed by atoms with Crippen molar-refractivity contribution in [1.82, 2.24) is 0 Å². The predicted octanol–water partition coefficient (Wildman–Crippen LogP) is 20.9. The maximum absolute atomic E-state index is 8.87. The van der Waals surface area contributed by atoms with Gasteiger partial charge in [0.05, 0.1) is 0 Å². The molecule has 10 aromatic rings. The van der Waals surface area contributed by atoms with Gasteiger partial charge in [0.2, 0.25) is 28.5 Å². The fraction of sp³-hybridized carbons (Fsp3) is 0.396. The van der Waals surface area contributed by atoms with Crippen LogP contribution < -0.4 is 22.8 Å². The van der Waals surface area contributed by atoms with Gasteiger partial charge in [-0.1, -0.05) is 142 Å². The van der Waals surface area contributed by atoms with Crippen LogP contribution in [0.25, 0.3) is 56.3 Å². The molecule has 5 heteroatoms. The molecule has 96 heavy (non-hydrogen) atoms. The summed E-state index contributed by atoms with van der Waals surface area (Å²) in [6.07, 6.45) is 27.4. The minimum Gasteiger partial charge on any atom is -0.201 e. The summed E-state index contributed by atoms with van der Waals surface area (Å²) in [5, 5.41) is 0. The van der Waals surface area contributed by atoms with Crippen molar-refractivity contribution < 1.29 is 29.7 Å². The highest BCUT2D eigenvalue weighted by Gasteiger charge is 2.28. The third-order valence-corrected chi connectivity index (χ3v) is 21.4. The first-order valence-corrected chi connectivity index (χ1v) is 36.0. The van der Waals surface area contributed by atoms with E-state index in [1.54, 1.807) is 17.3 Å². The van der Waals surface area contributed by atoms with Crippen molar-refractivity contribution in [2.75, 3.05) is 0 Å². The Labute approximate surface area is 586 Å². The number of hydrogen-bond donors (Lipinski definition) is 0. The largest absolute Gasteiger partial charge is 0.212 e. The molecule has 4 aliphatic carbocycles. The van der Waals surface area contributed by atoms with Crippen molar-refractivity contribution in [2.24, 2.45) is 35.2 Å². The molecule has 4 aliphatic rings. The molecule has 0 aliphatic heterocycles. The van der Waals surface area contributed by atoms with Gasteiger partial charge in [0.15, 0.2) is 30.5 Å². The second-order valence-electron chi connectivity index (χ2n) is 28.6. The van der Waals surface area contributed by atoms with E-state index in [0.29, 0.717) is 11.1 Å². The smallest absolute Gasteiger partial charge is 0.201 e. The quantitative estimate of drug-likeness (QED) is 0.128. The van der Waals surface area contributed by atoms with Crippen molar-refractivity contribution in [3.05, 3.63) is 266 Å². The van der Waals surface area contributed by atoms with E-state index in [0.717, 1.165) is 67.2 Å². The topological polar surface area (TPSA) is 19.4 Å². The predicted molar refractivity (Wildman–Crippen MR) is 402 cm³/mol. The second kappa shape index (κ2) is 32.7. The Bertz CT molecular complexity index is 4540. The zero-order valence-electron chi connectivity index (χ0n) is 66.0. The molecule has 4 saturated carbocycles. The van der Waals surface area contributed by atoms with Gasteiger partial charge in [0.25, 0.3) is 0 Å². The van der Waals surface area contributed by atoms with Gasteiger partial charge in [0, 0.05) is 100 Å². The first-order chi connectivity index (χ1) is 48.2. The van der Waals surface area contributed by atoms with Crippen molar-refractivity contribution >= 4 is 0 Å². The van der Waals surface area contributed by atoms with E-state index in [1.165, 1.54) is 165 Å². The maximum atomic E-state index is 8.87. The highest BCUT2D eigenvalue weighted by Crippen LogP contribution is 2.40. The standard InChI is InChI=1S/4C19H24N.C15H18N/c2*1-14-8-4-7-11-17(14)19-12-18(15(2)13-20(19)3)16-9-5-6-10-16;2*1-14-8-4-7-11-17(14)19-12-15(2)18(13-20(19)3)16-9-5-6-10-16;1-11-9-13(3)16(4)15(10-11)14-8-6-5-7-12(14)2/h4*4,7-8,11-13,16H,5-6,9-10H2,1-3H3;5-10H,1-4H3/q5*+1/i2D3,16D;;16D;;. The highest BCUT2D eigenvalue weighted by molar-refractivity contribution is 5.65. The molecule has 0 radical (unpaired) electrons. The Hall–Kier alpha value is -8.15. The lowest BCUT2D eigenvalue weighted by atomic mass is 9.92. The van der Waals surface area contributed by atoms with Gasteiger partial charge in [0.1, 0.15) is 35.2 Å². The fourth-order valence-corrected chi connectivity index (χ4v) is 15.7. The number of rotatable bonds is 9. The lowest BCUT2D eigenvalue weighted by Gasteiger charge is -2.14. The molecule has 5 aromatic carbocycles. The molecule has 0 saturated heterocycles. The minimum atomic E-state index is -2.20. The summed E-state index contributed by atoms with van der Waals surface area (Å²) in [6.45, 7) is 19.5. The highest BCUT2D eigenvalue weighted by atomic mass is 15.0. The molecule has 0 amide bonds. The Morgan fingerprint density at radius 3 is 1.01 bits per heavy atom. The number of aryl methyl sites for hydroxylation is 15. The Kier molecular flexibility index (Phi) is 21.8. The van der Waals surface area contributed by atoms with Crippen LogP contribution in [0.5, 0.6) is 0 Å². The number of pyridine rings is 5. The normalized spacial score (nSPS) is 16.4. The van der Waals surface area contributed by atoms with Gasteiger partial charge in [-0.15, -0.1) is 0 Å². The van der Waals surface area contributed by atoms with Crippen LogP contribution in [0.2, 0.25) is 0 Å². The van der Waals surface area contributed by atoms with Crippen LogP contribution in [0.1, 0.15) is 217 Å². The monoisotopic (exact) mass is 1280 g/mol. The van der Waals surface area contributed by atoms with Crippen molar-refractivity contribution in [3.63, 3.8) is 0 Å². The number of aromatic nitrogens is 5. The van der Waals surface area contributed by atoms with Gasteiger partial charge in [-0.05, 0) is 230 Å². The van der Waals surface area contributed by atoms with E-state index >= 15 is 0 Å². The molecule has 5 nitrogen and oxygen atoms in total. The van der Waals surface area contributed by atoms with E-state index in [1.807, 2.05) is 29.8 Å². The molecule has 0 spiro atoms. The first kappa shape index (κ1) is 63.9.